The number of rotatable bonds is 6. The highest BCUT2D eigenvalue weighted by Crippen LogP contribution is 2.19. The van der Waals surface area contributed by atoms with Crippen molar-refractivity contribution >= 4 is 11.8 Å². The van der Waals surface area contributed by atoms with Gasteiger partial charge in [-0.15, -0.1) is 0 Å². The number of amides is 2. The lowest BCUT2D eigenvalue weighted by Crippen LogP contribution is -2.49. The molecule has 1 atom stereocenters. The lowest BCUT2D eigenvalue weighted by atomic mass is 10.0. The maximum absolute atomic E-state index is 12.4. The molecule has 0 aliphatic carbocycles. The number of nitrogens with zero attached hydrogens (tertiary/aromatic N) is 1. The Morgan fingerprint density at radius 3 is 2.41 bits per heavy atom. The lowest BCUT2D eigenvalue weighted by molar-refractivity contribution is -0.128. The molecule has 0 unspecified atom stereocenters. The maximum atomic E-state index is 12.4. The molecule has 1 fully saturated rings. The van der Waals surface area contributed by atoms with Gasteiger partial charge in [-0.1, -0.05) is 0 Å². The first kappa shape index (κ1) is 18.8. The molecule has 1 aromatic carbocycles. The highest BCUT2D eigenvalue weighted by molar-refractivity contribution is 5.93. The zero-order valence-electron chi connectivity index (χ0n) is 15.5. The summed E-state index contributed by atoms with van der Waals surface area (Å²) in [6.07, 6.45) is 3.76. The van der Waals surface area contributed by atoms with Gasteiger partial charge >= 0.3 is 0 Å². The molecule has 2 aromatic rings. The SMILES string of the molecule is COc1ccc(O[C@@H](C)C(=O)NC2CCN(C(=O)c3ccoc3)CC2)cc1. The number of nitrogens with one attached hydrogen (secondary N) is 1. The van der Waals surface area contributed by atoms with Crippen molar-refractivity contribution in [1.29, 1.82) is 0 Å². The molecule has 2 heterocycles. The molecule has 7 nitrogen and oxygen atoms in total. The van der Waals surface area contributed by atoms with Crippen LogP contribution >= 0.6 is 0 Å². The van der Waals surface area contributed by atoms with Gasteiger partial charge in [-0.3, -0.25) is 9.59 Å². The van der Waals surface area contributed by atoms with E-state index in [0.717, 1.165) is 5.75 Å². The van der Waals surface area contributed by atoms with E-state index in [1.54, 1.807) is 49.3 Å². The number of hydrogen-bond donors (Lipinski definition) is 1. The molecule has 27 heavy (non-hydrogen) atoms. The van der Waals surface area contributed by atoms with Gasteiger partial charge in [0, 0.05) is 19.1 Å². The molecule has 2 amide bonds. The lowest BCUT2D eigenvalue weighted by Gasteiger charge is -2.32. The van der Waals surface area contributed by atoms with Crippen LogP contribution in [0.3, 0.4) is 0 Å². The Hall–Kier alpha value is -2.96. The van der Waals surface area contributed by atoms with E-state index in [0.29, 0.717) is 37.2 Å². The summed E-state index contributed by atoms with van der Waals surface area (Å²) < 4.78 is 15.7. The zero-order valence-corrected chi connectivity index (χ0v) is 15.5. The van der Waals surface area contributed by atoms with Crippen LogP contribution in [-0.2, 0) is 4.79 Å². The molecule has 0 saturated carbocycles. The predicted molar refractivity (Wildman–Crippen MR) is 98.9 cm³/mol. The van der Waals surface area contributed by atoms with Crippen LogP contribution in [0, 0.1) is 0 Å². The molecule has 0 radical (unpaired) electrons. The maximum Gasteiger partial charge on any atom is 0.260 e. The first-order valence-corrected chi connectivity index (χ1v) is 8.99. The average Bonchev–Trinajstić information content (AvgIpc) is 3.23. The van der Waals surface area contributed by atoms with E-state index >= 15 is 0 Å². The van der Waals surface area contributed by atoms with Crippen molar-refractivity contribution in [3.05, 3.63) is 48.4 Å². The van der Waals surface area contributed by atoms with Crippen molar-refractivity contribution in [3.63, 3.8) is 0 Å². The van der Waals surface area contributed by atoms with Gasteiger partial charge in [0.1, 0.15) is 17.8 Å². The van der Waals surface area contributed by atoms with Crippen molar-refractivity contribution in [2.24, 2.45) is 0 Å². The summed E-state index contributed by atoms with van der Waals surface area (Å²) in [6.45, 7) is 2.92. The second kappa shape index (κ2) is 8.62. The molecular formula is C20H24N2O5. The van der Waals surface area contributed by atoms with E-state index in [9.17, 15) is 9.59 Å². The predicted octanol–water partition coefficient (Wildman–Crippen LogP) is 2.48. The highest BCUT2D eigenvalue weighted by Gasteiger charge is 2.26. The number of carbonyl (C=O) groups excluding carboxylic acids is 2. The number of methoxy groups -OCH3 is 1. The molecule has 7 heteroatoms. The normalized spacial score (nSPS) is 15.9. The Morgan fingerprint density at radius 2 is 1.81 bits per heavy atom. The van der Waals surface area contributed by atoms with Gasteiger partial charge in [-0.05, 0) is 50.1 Å². The summed E-state index contributed by atoms with van der Waals surface area (Å²) in [5.74, 6) is 1.14. The Kier molecular flexibility index (Phi) is 6.01. The second-order valence-corrected chi connectivity index (χ2v) is 6.52. The third-order valence-electron chi connectivity index (χ3n) is 4.64. The third-order valence-corrected chi connectivity index (χ3v) is 4.64. The minimum atomic E-state index is -0.607. The van der Waals surface area contributed by atoms with E-state index in [1.165, 1.54) is 12.5 Å². The van der Waals surface area contributed by atoms with E-state index in [4.69, 9.17) is 13.9 Å². The molecule has 0 bridgehead atoms. The van der Waals surface area contributed by atoms with Crippen LogP contribution in [0.2, 0.25) is 0 Å². The zero-order chi connectivity index (χ0) is 19.2. The first-order valence-electron chi connectivity index (χ1n) is 8.99. The number of piperidine rings is 1. The monoisotopic (exact) mass is 372 g/mol. The summed E-state index contributed by atoms with van der Waals surface area (Å²) in [5.41, 5.74) is 0.555. The molecule has 1 saturated heterocycles. The highest BCUT2D eigenvalue weighted by atomic mass is 16.5. The van der Waals surface area contributed by atoms with Crippen molar-refractivity contribution in [2.45, 2.75) is 31.9 Å². The fourth-order valence-corrected chi connectivity index (χ4v) is 3.03. The largest absolute Gasteiger partial charge is 0.497 e. The quantitative estimate of drug-likeness (QED) is 0.843. The average molecular weight is 372 g/mol. The Balaban J connectivity index is 1.45. The fraction of sp³-hybridized carbons (Fsp3) is 0.400. The molecule has 1 N–H and O–H groups in total. The molecule has 1 aromatic heterocycles. The van der Waals surface area contributed by atoms with Crippen molar-refractivity contribution in [1.82, 2.24) is 10.2 Å². The van der Waals surface area contributed by atoms with Gasteiger partial charge < -0.3 is 24.1 Å². The summed E-state index contributed by atoms with van der Waals surface area (Å²) in [4.78, 5) is 26.5. The summed E-state index contributed by atoms with van der Waals surface area (Å²) in [7, 11) is 1.60. The topological polar surface area (TPSA) is 81.0 Å². The van der Waals surface area contributed by atoms with Crippen LogP contribution in [0.5, 0.6) is 11.5 Å². The molecule has 1 aliphatic rings. The Morgan fingerprint density at radius 1 is 1.15 bits per heavy atom. The smallest absolute Gasteiger partial charge is 0.260 e. The second-order valence-electron chi connectivity index (χ2n) is 6.52. The van der Waals surface area contributed by atoms with E-state index in [2.05, 4.69) is 5.32 Å². The molecule has 3 rings (SSSR count). The van der Waals surface area contributed by atoms with E-state index in [-0.39, 0.29) is 17.9 Å². The van der Waals surface area contributed by atoms with Crippen LogP contribution < -0.4 is 14.8 Å². The van der Waals surface area contributed by atoms with Gasteiger partial charge in [0.2, 0.25) is 0 Å². The number of furan rings is 1. The van der Waals surface area contributed by atoms with Crippen LogP contribution in [-0.4, -0.2) is 49.1 Å². The van der Waals surface area contributed by atoms with Crippen LogP contribution in [0.1, 0.15) is 30.1 Å². The first-order chi connectivity index (χ1) is 13.1. The standard InChI is InChI=1S/C20H24N2O5/c1-14(27-18-5-3-17(25-2)4-6-18)19(23)21-16-7-10-22(11-8-16)20(24)15-9-12-26-13-15/h3-6,9,12-14,16H,7-8,10-11H2,1-2H3,(H,21,23)/t14-/m0/s1. The Bertz CT molecular complexity index is 749. The van der Waals surface area contributed by atoms with Gasteiger partial charge in [0.25, 0.3) is 11.8 Å². The van der Waals surface area contributed by atoms with Crippen LogP contribution in [0.15, 0.2) is 47.3 Å². The Labute approximate surface area is 158 Å². The summed E-state index contributed by atoms with van der Waals surface area (Å²) in [5, 5.41) is 3.01. The van der Waals surface area contributed by atoms with Gasteiger partial charge in [-0.2, -0.15) is 0 Å². The number of benzene rings is 1. The van der Waals surface area contributed by atoms with Crippen LogP contribution in [0.4, 0.5) is 0 Å². The fourth-order valence-electron chi connectivity index (χ4n) is 3.03. The van der Waals surface area contributed by atoms with Gasteiger partial charge in [-0.25, -0.2) is 0 Å². The molecule has 144 valence electrons. The van der Waals surface area contributed by atoms with Crippen molar-refractivity contribution in [2.75, 3.05) is 20.2 Å². The third kappa shape index (κ3) is 4.81. The van der Waals surface area contributed by atoms with Gasteiger partial charge in [0.15, 0.2) is 6.10 Å². The van der Waals surface area contributed by atoms with Gasteiger partial charge in [0.05, 0.1) is 18.9 Å². The molecular weight excluding hydrogens is 348 g/mol. The number of ether oxygens (including phenoxy) is 2. The van der Waals surface area contributed by atoms with E-state index < -0.39 is 6.10 Å². The number of carbonyl (C=O) groups is 2. The molecule has 1 aliphatic heterocycles. The summed E-state index contributed by atoms with van der Waals surface area (Å²) >= 11 is 0. The van der Waals surface area contributed by atoms with Crippen LogP contribution in [0.25, 0.3) is 0 Å². The van der Waals surface area contributed by atoms with Crippen molar-refractivity contribution < 1.29 is 23.5 Å². The minimum Gasteiger partial charge on any atom is -0.497 e. The summed E-state index contributed by atoms with van der Waals surface area (Å²) in [6, 6.07) is 8.80. The number of hydrogen-bond acceptors (Lipinski definition) is 5. The number of likely N-dealkylation sites (tertiary alicyclic amines) is 1. The molecule has 0 spiro atoms. The van der Waals surface area contributed by atoms with E-state index in [1.807, 2.05) is 0 Å². The van der Waals surface area contributed by atoms with Crippen molar-refractivity contribution in [3.8, 4) is 11.5 Å². The minimum absolute atomic E-state index is 0.0350.